The van der Waals surface area contributed by atoms with E-state index in [1.807, 2.05) is 30.3 Å². The number of hydrogen-bond acceptors (Lipinski definition) is 6. The van der Waals surface area contributed by atoms with Gasteiger partial charge in [0.15, 0.2) is 0 Å². The highest BCUT2D eigenvalue weighted by Crippen LogP contribution is 2.40. The second-order valence-electron chi connectivity index (χ2n) is 4.51. The highest BCUT2D eigenvalue weighted by molar-refractivity contribution is 7.94. The van der Waals surface area contributed by atoms with E-state index in [4.69, 9.17) is 25.4 Å². The predicted octanol–water partition coefficient (Wildman–Crippen LogP) is 3.57. The number of hydrogen-bond donors (Lipinski definition) is 0. The van der Waals surface area contributed by atoms with Gasteiger partial charge in [0.25, 0.3) is 0 Å². The Hall–Kier alpha value is -1.15. The third-order valence-electron chi connectivity index (χ3n) is 3.22. The van der Waals surface area contributed by atoms with Gasteiger partial charge in [0.2, 0.25) is 5.79 Å². The van der Waals surface area contributed by atoms with Gasteiger partial charge in [0.05, 0.1) is 37.4 Å². The Balaban J connectivity index is 1.98. The lowest BCUT2D eigenvalue weighted by Crippen LogP contribution is -2.28. The fourth-order valence-electron chi connectivity index (χ4n) is 2.30. The highest BCUT2D eigenvalue weighted by atomic mass is 35.5. The lowest BCUT2D eigenvalue weighted by atomic mass is 9.99. The summed E-state index contributed by atoms with van der Waals surface area (Å²) >= 11 is 7.21. The molecule has 2 heterocycles. The molecule has 116 valence electrons. The largest absolute Gasteiger partial charge is 0.340 e. The van der Waals surface area contributed by atoms with Crippen molar-refractivity contribution < 1.29 is 18.7 Å². The van der Waals surface area contributed by atoms with Gasteiger partial charge in [-0.15, -0.1) is 0 Å². The number of ether oxygens (including phenoxy) is 2. The summed E-state index contributed by atoms with van der Waals surface area (Å²) in [5.74, 6) is -0.969. The van der Waals surface area contributed by atoms with Crippen molar-refractivity contribution >= 4 is 23.6 Å². The van der Waals surface area contributed by atoms with Crippen LogP contribution in [0.5, 0.6) is 0 Å². The van der Waals surface area contributed by atoms with Crippen molar-refractivity contribution in [2.75, 3.05) is 20.3 Å². The van der Waals surface area contributed by atoms with E-state index in [0.717, 1.165) is 23.2 Å². The quantitative estimate of drug-likeness (QED) is 0.471. The van der Waals surface area contributed by atoms with Crippen molar-refractivity contribution in [3.63, 3.8) is 0 Å². The van der Waals surface area contributed by atoms with Gasteiger partial charge in [-0.25, -0.2) is 9.87 Å². The molecule has 1 saturated heterocycles. The minimum atomic E-state index is -0.969. The summed E-state index contributed by atoms with van der Waals surface area (Å²) in [4.78, 5) is 8.83. The summed E-state index contributed by atoms with van der Waals surface area (Å²) in [6.07, 6.45) is 1.67. The number of halogens is 1. The lowest BCUT2D eigenvalue weighted by Gasteiger charge is -2.28. The van der Waals surface area contributed by atoms with Gasteiger partial charge in [-0.05, 0) is 6.07 Å². The van der Waals surface area contributed by atoms with Crippen LogP contribution < -0.4 is 0 Å². The van der Waals surface area contributed by atoms with E-state index in [9.17, 15) is 0 Å². The molecule has 7 heteroatoms. The van der Waals surface area contributed by atoms with Crippen LogP contribution in [-0.4, -0.2) is 25.3 Å². The van der Waals surface area contributed by atoms with Crippen molar-refractivity contribution in [3.8, 4) is 0 Å². The first-order chi connectivity index (χ1) is 10.8. The van der Waals surface area contributed by atoms with Crippen LogP contribution in [0.2, 0.25) is 5.02 Å². The average molecular weight is 340 g/mol. The zero-order valence-electron chi connectivity index (χ0n) is 11.8. The van der Waals surface area contributed by atoms with Gasteiger partial charge in [0, 0.05) is 17.3 Å². The third kappa shape index (κ3) is 2.99. The van der Waals surface area contributed by atoms with E-state index in [-0.39, 0.29) is 0 Å². The first kappa shape index (κ1) is 15.7. The molecular formula is C15H14ClNO4S. The number of pyridine rings is 1. The molecule has 1 fully saturated rings. The van der Waals surface area contributed by atoms with E-state index < -0.39 is 5.79 Å². The van der Waals surface area contributed by atoms with Crippen molar-refractivity contribution in [1.82, 2.24) is 4.98 Å². The predicted molar refractivity (Wildman–Crippen MR) is 82.3 cm³/mol. The van der Waals surface area contributed by atoms with Gasteiger partial charge in [0.1, 0.15) is 5.03 Å². The maximum atomic E-state index is 6.26. The molecule has 2 aromatic rings. The zero-order chi connectivity index (χ0) is 15.4. The molecule has 1 aliphatic heterocycles. The maximum Gasteiger partial charge on any atom is 0.224 e. The minimum Gasteiger partial charge on any atom is -0.340 e. The summed E-state index contributed by atoms with van der Waals surface area (Å²) in [6.45, 7) is 1.02. The van der Waals surface area contributed by atoms with Crippen LogP contribution in [0.3, 0.4) is 0 Å². The zero-order valence-corrected chi connectivity index (χ0v) is 13.4. The number of rotatable bonds is 5. The molecule has 0 aliphatic carbocycles. The molecule has 0 amide bonds. The van der Waals surface area contributed by atoms with Crippen LogP contribution in [-0.2, 0) is 24.5 Å². The molecule has 0 N–H and O–H groups in total. The molecule has 5 nitrogen and oxygen atoms in total. The first-order valence-corrected chi connectivity index (χ1v) is 7.75. The second kappa shape index (κ2) is 6.95. The summed E-state index contributed by atoms with van der Waals surface area (Å²) in [7, 11) is 1.42. The van der Waals surface area contributed by atoms with Crippen LogP contribution >= 0.6 is 23.6 Å². The van der Waals surface area contributed by atoms with Crippen LogP contribution in [0.4, 0.5) is 0 Å². The molecule has 0 radical (unpaired) electrons. The first-order valence-electron chi connectivity index (χ1n) is 6.63. The molecule has 0 atom stereocenters. The van der Waals surface area contributed by atoms with Crippen LogP contribution in [0.25, 0.3) is 0 Å². The fourth-order valence-corrected chi connectivity index (χ4v) is 2.93. The van der Waals surface area contributed by atoms with Crippen LogP contribution in [0, 0.1) is 0 Å². The standard InChI is InChI=1S/C15H14ClNO4S/c1-18-21-22-14-13(16)9-12(10-17-14)15(19-7-8-20-15)11-5-3-2-4-6-11/h2-6,9-10H,7-8H2,1H3. The maximum absolute atomic E-state index is 6.26. The summed E-state index contributed by atoms with van der Waals surface area (Å²) < 4.78 is 16.6. The SMILES string of the molecule is COOSc1ncc(C2(c3ccccc3)OCCO2)cc1Cl. The van der Waals surface area contributed by atoms with E-state index in [0.29, 0.717) is 23.3 Å². The smallest absolute Gasteiger partial charge is 0.224 e. The Morgan fingerprint density at radius 2 is 1.91 bits per heavy atom. The van der Waals surface area contributed by atoms with Crippen LogP contribution in [0.15, 0.2) is 47.6 Å². The van der Waals surface area contributed by atoms with Crippen molar-refractivity contribution in [2.24, 2.45) is 0 Å². The number of benzene rings is 1. The minimum absolute atomic E-state index is 0.439. The van der Waals surface area contributed by atoms with Gasteiger partial charge in [-0.1, -0.05) is 41.9 Å². The molecule has 0 bridgehead atoms. The molecule has 0 spiro atoms. The normalized spacial score (nSPS) is 16.8. The molecule has 0 unspecified atom stereocenters. The molecule has 1 aromatic carbocycles. The Morgan fingerprint density at radius 1 is 1.18 bits per heavy atom. The highest BCUT2D eigenvalue weighted by Gasteiger charge is 2.41. The van der Waals surface area contributed by atoms with E-state index in [1.54, 1.807) is 12.3 Å². The molecule has 0 saturated carbocycles. The average Bonchev–Trinajstić information content (AvgIpc) is 3.05. The van der Waals surface area contributed by atoms with Gasteiger partial charge in [-0.3, -0.25) is 0 Å². The molecule has 1 aliphatic rings. The van der Waals surface area contributed by atoms with Crippen molar-refractivity contribution in [2.45, 2.75) is 10.8 Å². The lowest BCUT2D eigenvalue weighted by molar-refractivity contribution is -0.160. The van der Waals surface area contributed by atoms with E-state index >= 15 is 0 Å². The molecular weight excluding hydrogens is 326 g/mol. The van der Waals surface area contributed by atoms with Crippen molar-refractivity contribution in [1.29, 1.82) is 0 Å². The Labute approximate surface area is 137 Å². The third-order valence-corrected chi connectivity index (χ3v) is 4.30. The van der Waals surface area contributed by atoms with Gasteiger partial charge in [-0.2, -0.15) is 4.33 Å². The monoisotopic (exact) mass is 339 g/mol. The van der Waals surface area contributed by atoms with Crippen molar-refractivity contribution in [3.05, 3.63) is 58.7 Å². The molecule has 3 rings (SSSR count). The topological polar surface area (TPSA) is 49.8 Å². The Kier molecular flexibility index (Phi) is 4.97. The second-order valence-corrected chi connectivity index (χ2v) is 5.61. The summed E-state index contributed by atoms with van der Waals surface area (Å²) in [5.41, 5.74) is 1.64. The molecule has 22 heavy (non-hydrogen) atoms. The fraction of sp³-hybridized carbons (Fsp3) is 0.267. The van der Waals surface area contributed by atoms with Gasteiger partial charge >= 0.3 is 0 Å². The summed E-state index contributed by atoms with van der Waals surface area (Å²) in [6, 6.07) is 11.5. The Morgan fingerprint density at radius 3 is 2.55 bits per heavy atom. The van der Waals surface area contributed by atoms with E-state index in [2.05, 4.69) is 9.87 Å². The summed E-state index contributed by atoms with van der Waals surface area (Å²) in [5, 5.41) is 0.947. The van der Waals surface area contributed by atoms with E-state index in [1.165, 1.54) is 7.11 Å². The number of nitrogens with zero attached hydrogens (tertiary/aromatic N) is 1. The number of aromatic nitrogens is 1. The van der Waals surface area contributed by atoms with Gasteiger partial charge < -0.3 is 9.47 Å². The molecule has 1 aromatic heterocycles. The van der Waals surface area contributed by atoms with Crippen LogP contribution in [0.1, 0.15) is 11.1 Å². The Bertz CT molecular complexity index is 635.